The third kappa shape index (κ3) is 4.82. The van der Waals surface area contributed by atoms with Crippen molar-refractivity contribution in [1.82, 2.24) is 4.72 Å². The highest BCUT2D eigenvalue weighted by molar-refractivity contribution is 7.89. The van der Waals surface area contributed by atoms with Gasteiger partial charge in [0.25, 0.3) is 5.91 Å². The van der Waals surface area contributed by atoms with Crippen molar-refractivity contribution in [1.29, 1.82) is 0 Å². The lowest BCUT2D eigenvalue weighted by atomic mass is 10.2. The normalized spacial score (nSPS) is 17.2. The van der Waals surface area contributed by atoms with Gasteiger partial charge in [0.15, 0.2) is 0 Å². The van der Waals surface area contributed by atoms with Gasteiger partial charge >= 0.3 is 0 Å². The number of carbonyl (C=O) groups is 1. The first-order chi connectivity index (χ1) is 12.4. The number of carbonyl (C=O) groups excluding carboxylic acids is 1. The van der Waals surface area contributed by atoms with Crippen molar-refractivity contribution in [2.45, 2.75) is 23.8 Å². The molecule has 1 atom stereocenters. The number of hydrogen-bond acceptors (Lipinski definition) is 4. The third-order valence-corrected chi connectivity index (χ3v) is 5.75. The summed E-state index contributed by atoms with van der Waals surface area (Å²) >= 11 is 5.81. The van der Waals surface area contributed by atoms with Crippen molar-refractivity contribution < 1.29 is 17.9 Å². The number of sulfonamides is 1. The zero-order valence-corrected chi connectivity index (χ0v) is 15.5. The van der Waals surface area contributed by atoms with Gasteiger partial charge in [0, 0.05) is 29.4 Å². The van der Waals surface area contributed by atoms with Crippen molar-refractivity contribution in [3.63, 3.8) is 0 Å². The van der Waals surface area contributed by atoms with E-state index in [9.17, 15) is 13.2 Å². The second-order valence-electron chi connectivity index (χ2n) is 5.97. The monoisotopic (exact) mass is 394 g/mol. The smallest absolute Gasteiger partial charge is 0.255 e. The van der Waals surface area contributed by atoms with E-state index in [4.69, 9.17) is 16.3 Å². The minimum Gasteiger partial charge on any atom is -0.377 e. The first-order valence-electron chi connectivity index (χ1n) is 8.22. The minimum atomic E-state index is -3.63. The second kappa shape index (κ2) is 8.18. The van der Waals surface area contributed by atoms with Crippen molar-refractivity contribution in [3.8, 4) is 0 Å². The predicted octanol–water partition coefficient (Wildman–Crippen LogP) is 3.05. The van der Waals surface area contributed by atoms with Gasteiger partial charge in [-0.2, -0.15) is 0 Å². The maximum Gasteiger partial charge on any atom is 0.255 e. The quantitative estimate of drug-likeness (QED) is 0.788. The molecular weight excluding hydrogens is 376 g/mol. The Morgan fingerprint density at radius 2 is 1.81 bits per heavy atom. The molecule has 1 fully saturated rings. The summed E-state index contributed by atoms with van der Waals surface area (Å²) in [4.78, 5) is 12.3. The van der Waals surface area contributed by atoms with Crippen molar-refractivity contribution in [2.24, 2.45) is 0 Å². The number of halogens is 1. The maximum atomic E-state index is 12.3. The van der Waals surface area contributed by atoms with Crippen LogP contribution in [0.25, 0.3) is 0 Å². The molecule has 2 N–H and O–H groups in total. The molecule has 8 heteroatoms. The molecule has 138 valence electrons. The van der Waals surface area contributed by atoms with Gasteiger partial charge in [-0.15, -0.1) is 0 Å². The molecule has 0 radical (unpaired) electrons. The van der Waals surface area contributed by atoms with Crippen LogP contribution in [0, 0.1) is 0 Å². The second-order valence-corrected chi connectivity index (χ2v) is 8.18. The number of ether oxygens (including phenoxy) is 1. The first kappa shape index (κ1) is 18.8. The van der Waals surface area contributed by atoms with Gasteiger partial charge in [0.05, 0.1) is 11.0 Å². The van der Waals surface area contributed by atoms with Crippen LogP contribution in [0.2, 0.25) is 5.02 Å². The van der Waals surface area contributed by atoms with Crippen LogP contribution in [0.1, 0.15) is 23.2 Å². The van der Waals surface area contributed by atoms with E-state index in [0.717, 1.165) is 12.8 Å². The summed E-state index contributed by atoms with van der Waals surface area (Å²) in [6.07, 6.45) is 1.73. The fraction of sp³-hybridized carbons (Fsp3) is 0.278. The first-order valence-corrected chi connectivity index (χ1v) is 10.1. The van der Waals surface area contributed by atoms with E-state index in [-0.39, 0.29) is 23.5 Å². The Kier molecular flexibility index (Phi) is 5.93. The average molecular weight is 395 g/mol. The molecule has 0 aromatic heterocycles. The zero-order valence-electron chi connectivity index (χ0n) is 13.9. The van der Waals surface area contributed by atoms with Crippen LogP contribution in [0.15, 0.2) is 53.4 Å². The van der Waals surface area contributed by atoms with Crippen LogP contribution < -0.4 is 10.0 Å². The minimum absolute atomic E-state index is 0.0748. The Morgan fingerprint density at radius 3 is 2.42 bits per heavy atom. The summed E-state index contributed by atoms with van der Waals surface area (Å²) in [6, 6.07) is 12.5. The fourth-order valence-corrected chi connectivity index (χ4v) is 3.81. The van der Waals surface area contributed by atoms with Crippen molar-refractivity contribution in [3.05, 3.63) is 59.1 Å². The molecule has 0 unspecified atom stereocenters. The average Bonchev–Trinajstić information content (AvgIpc) is 3.16. The third-order valence-electron chi connectivity index (χ3n) is 4.05. The van der Waals surface area contributed by atoms with Gasteiger partial charge in [-0.3, -0.25) is 4.79 Å². The summed E-state index contributed by atoms with van der Waals surface area (Å²) < 4.78 is 32.6. The van der Waals surface area contributed by atoms with Crippen molar-refractivity contribution >= 4 is 33.2 Å². The largest absolute Gasteiger partial charge is 0.377 e. The standard InChI is InChI=1S/C18H19ClN2O4S/c19-14-5-7-15(8-6-14)21-18(22)13-3-9-17(10-4-13)26(23,24)20-12-16-2-1-11-25-16/h3-10,16,20H,1-2,11-12H2,(H,21,22)/t16-/m1/s1. The van der Waals surface area contributed by atoms with Gasteiger partial charge in [0.2, 0.25) is 10.0 Å². The van der Waals surface area contributed by atoms with Crippen LogP contribution in [0.4, 0.5) is 5.69 Å². The Balaban J connectivity index is 1.63. The molecule has 6 nitrogen and oxygen atoms in total. The number of anilines is 1. The van der Waals surface area contributed by atoms with Gasteiger partial charge < -0.3 is 10.1 Å². The van der Waals surface area contributed by atoms with E-state index in [0.29, 0.717) is 22.9 Å². The highest BCUT2D eigenvalue weighted by atomic mass is 35.5. The summed E-state index contributed by atoms with van der Waals surface area (Å²) in [6.45, 7) is 0.922. The highest BCUT2D eigenvalue weighted by Crippen LogP contribution is 2.16. The number of nitrogens with one attached hydrogen (secondary N) is 2. The maximum absolute atomic E-state index is 12.3. The Labute approximate surface area is 157 Å². The van der Waals surface area contributed by atoms with Crippen LogP contribution in [0.3, 0.4) is 0 Å². The van der Waals surface area contributed by atoms with Crippen LogP contribution in [-0.2, 0) is 14.8 Å². The van der Waals surface area contributed by atoms with E-state index < -0.39 is 10.0 Å². The number of benzene rings is 2. The van der Waals surface area contributed by atoms with Gasteiger partial charge in [0.1, 0.15) is 0 Å². The van der Waals surface area contributed by atoms with E-state index in [2.05, 4.69) is 10.0 Å². The number of hydrogen-bond donors (Lipinski definition) is 2. The predicted molar refractivity (Wildman–Crippen MR) is 100 cm³/mol. The molecule has 1 aliphatic heterocycles. The number of amides is 1. The molecule has 0 bridgehead atoms. The molecule has 1 saturated heterocycles. The molecule has 0 spiro atoms. The molecule has 3 rings (SSSR count). The topological polar surface area (TPSA) is 84.5 Å². The summed E-state index contributed by atoms with van der Waals surface area (Å²) in [5.41, 5.74) is 0.965. The zero-order chi connectivity index (χ0) is 18.6. The van der Waals surface area contributed by atoms with Crippen LogP contribution in [-0.4, -0.2) is 33.6 Å². The van der Waals surface area contributed by atoms with Crippen LogP contribution in [0.5, 0.6) is 0 Å². The highest BCUT2D eigenvalue weighted by Gasteiger charge is 2.20. The van der Waals surface area contributed by atoms with Crippen LogP contribution >= 0.6 is 11.6 Å². The molecule has 2 aromatic carbocycles. The van der Waals surface area contributed by atoms with Gasteiger partial charge in [-0.25, -0.2) is 13.1 Å². The Bertz CT molecular complexity index is 861. The molecule has 2 aromatic rings. The molecular formula is C18H19ClN2O4S. The summed E-state index contributed by atoms with van der Waals surface area (Å²) in [5.74, 6) is -0.330. The molecule has 1 aliphatic rings. The van der Waals surface area contributed by atoms with Crippen molar-refractivity contribution in [2.75, 3.05) is 18.5 Å². The Morgan fingerprint density at radius 1 is 1.12 bits per heavy atom. The van der Waals surface area contributed by atoms with E-state index >= 15 is 0 Å². The molecule has 0 aliphatic carbocycles. The molecule has 1 amide bonds. The van der Waals surface area contributed by atoms with E-state index in [1.165, 1.54) is 24.3 Å². The summed E-state index contributed by atoms with van der Waals surface area (Å²) in [5, 5.41) is 3.30. The Hall–Kier alpha value is -1.93. The SMILES string of the molecule is O=C(Nc1ccc(Cl)cc1)c1ccc(S(=O)(=O)NC[C@H]2CCCO2)cc1. The summed E-state index contributed by atoms with van der Waals surface area (Å²) in [7, 11) is -3.63. The number of rotatable bonds is 6. The van der Waals surface area contributed by atoms with Gasteiger partial charge in [-0.05, 0) is 61.4 Å². The van der Waals surface area contributed by atoms with E-state index in [1.807, 2.05) is 0 Å². The molecule has 0 saturated carbocycles. The fourth-order valence-electron chi connectivity index (χ4n) is 2.61. The van der Waals surface area contributed by atoms with Gasteiger partial charge in [-0.1, -0.05) is 11.6 Å². The lowest BCUT2D eigenvalue weighted by molar-refractivity contribution is 0.102. The molecule has 1 heterocycles. The lowest BCUT2D eigenvalue weighted by Gasteiger charge is -2.12. The molecule has 26 heavy (non-hydrogen) atoms. The van der Waals surface area contributed by atoms with E-state index in [1.54, 1.807) is 24.3 Å². The lowest BCUT2D eigenvalue weighted by Crippen LogP contribution is -2.31.